The Morgan fingerprint density at radius 3 is 1.41 bits per heavy atom. The number of rotatable bonds is 4. The van der Waals surface area contributed by atoms with E-state index in [1.165, 1.54) is 27.8 Å². The van der Waals surface area contributed by atoms with Crippen molar-refractivity contribution in [2.75, 3.05) is 0 Å². The molecule has 3 aromatic rings. The standard InChI is InChI=1S/C32H38/c1-8-30(5)28(25-18-12-9-13-19-25)24(2)29(3,4)31(6,26-20-14-10-15-21-26)32(30,7)27-22-16-11-17-23-27/h9-23H,8H2,1-7H3. The lowest BCUT2D eigenvalue weighted by molar-refractivity contribution is 0.0210. The highest BCUT2D eigenvalue weighted by molar-refractivity contribution is 5.79. The molecule has 1 aliphatic carbocycles. The molecule has 4 rings (SSSR count). The molecule has 32 heavy (non-hydrogen) atoms. The normalized spacial score (nSPS) is 29.7. The zero-order valence-electron chi connectivity index (χ0n) is 20.9. The Hall–Kier alpha value is -2.60. The first-order valence-electron chi connectivity index (χ1n) is 12.0. The van der Waals surface area contributed by atoms with Crippen LogP contribution in [0, 0.1) is 10.8 Å². The average molecular weight is 423 g/mol. The topological polar surface area (TPSA) is 0 Å². The van der Waals surface area contributed by atoms with Crippen molar-refractivity contribution in [1.82, 2.24) is 0 Å². The van der Waals surface area contributed by atoms with Gasteiger partial charge in [0, 0.05) is 16.2 Å². The maximum Gasteiger partial charge on any atom is 0.0121 e. The van der Waals surface area contributed by atoms with Gasteiger partial charge in [0.2, 0.25) is 0 Å². The number of benzene rings is 3. The van der Waals surface area contributed by atoms with E-state index in [9.17, 15) is 0 Å². The molecule has 0 N–H and O–H groups in total. The predicted molar refractivity (Wildman–Crippen MR) is 139 cm³/mol. The van der Waals surface area contributed by atoms with Crippen molar-refractivity contribution < 1.29 is 0 Å². The summed E-state index contributed by atoms with van der Waals surface area (Å²) in [6, 6.07) is 33.6. The molecular formula is C32H38. The Balaban J connectivity index is 2.20. The summed E-state index contributed by atoms with van der Waals surface area (Å²) >= 11 is 0. The third kappa shape index (κ3) is 2.75. The minimum absolute atomic E-state index is 0.0557. The van der Waals surface area contributed by atoms with Crippen molar-refractivity contribution in [2.45, 2.75) is 65.7 Å². The molecule has 0 aromatic heterocycles. The summed E-state index contributed by atoms with van der Waals surface area (Å²) in [6.07, 6.45) is 1.07. The molecule has 0 saturated carbocycles. The van der Waals surface area contributed by atoms with Gasteiger partial charge in [0.1, 0.15) is 0 Å². The first-order valence-corrected chi connectivity index (χ1v) is 12.0. The highest BCUT2D eigenvalue weighted by Gasteiger charge is 2.67. The molecule has 0 fully saturated rings. The molecule has 0 spiro atoms. The lowest BCUT2D eigenvalue weighted by Crippen LogP contribution is -2.65. The summed E-state index contributed by atoms with van der Waals surface area (Å²) < 4.78 is 0. The lowest BCUT2D eigenvalue weighted by atomic mass is 9.35. The van der Waals surface area contributed by atoms with Gasteiger partial charge in [-0.3, -0.25) is 0 Å². The maximum absolute atomic E-state index is 2.54. The van der Waals surface area contributed by atoms with E-state index in [1.807, 2.05) is 0 Å². The molecule has 3 atom stereocenters. The average Bonchev–Trinajstić information content (AvgIpc) is 2.83. The molecule has 0 radical (unpaired) electrons. The fourth-order valence-corrected chi connectivity index (χ4v) is 7.00. The number of hydrogen-bond donors (Lipinski definition) is 0. The van der Waals surface area contributed by atoms with E-state index >= 15 is 0 Å². The molecule has 1 aliphatic rings. The van der Waals surface area contributed by atoms with Crippen LogP contribution in [0.5, 0.6) is 0 Å². The molecule has 0 nitrogen and oxygen atoms in total. The Morgan fingerprint density at radius 1 is 0.562 bits per heavy atom. The van der Waals surface area contributed by atoms with Gasteiger partial charge in [-0.25, -0.2) is 0 Å². The predicted octanol–water partition coefficient (Wildman–Crippen LogP) is 8.83. The fourth-order valence-electron chi connectivity index (χ4n) is 7.00. The second-order valence-corrected chi connectivity index (χ2v) is 10.7. The number of hydrogen-bond acceptors (Lipinski definition) is 0. The lowest BCUT2D eigenvalue weighted by Gasteiger charge is -2.68. The summed E-state index contributed by atoms with van der Waals surface area (Å²) in [5.41, 5.74) is 6.87. The Labute approximate surface area is 195 Å². The molecule has 0 saturated heterocycles. The van der Waals surface area contributed by atoms with Gasteiger partial charge in [0.15, 0.2) is 0 Å². The molecule has 0 heteroatoms. The van der Waals surface area contributed by atoms with Crippen LogP contribution in [-0.2, 0) is 10.8 Å². The first-order chi connectivity index (χ1) is 15.2. The van der Waals surface area contributed by atoms with Crippen molar-refractivity contribution >= 4 is 5.57 Å². The van der Waals surface area contributed by atoms with Gasteiger partial charge >= 0.3 is 0 Å². The van der Waals surface area contributed by atoms with Gasteiger partial charge in [0.05, 0.1) is 0 Å². The van der Waals surface area contributed by atoms with Gasteiger partial charge in [-0.1, -0.05) is 138 Å². The van der Waals surface area contributed by atoms with Crippen molar-refractivity contribution in [3.05, 3.63) is 113 Å². The minimum Gasteiger partial charge on any atom is -0.0645 e. The van der Waals surface area contributed by atoms with Crippen LogP contribution in [0.1, 0.15) is 71.6 Å². The Kier molecular flexibility index (Phi) is 5.48. The van der Waals surface area contributed by atoms with Crippen LogP contribution >= 0.6 is 0 Å². The van der Waals surface area contributed by atoms with Crippen LogP contribution in [0.15, 0.2) is 96.6 Å². The molecule has 0 heterocycles. The van der Waals surface area contributed by atoms with E-state index < -0.39 is 0 Å². The van der Waals surface area contributed by atoms with Gasteiger partial charge in [-0.2, -0.15) is 0 Å². The van der Waals surface area contributed by atoms with Crippen LogP contribution in [0.2, 0.25) is 0 Å². The van der Waals surface area contributed by atoms with E-state index in [0.717, 1.165) is 6.42 Å². The van der Waals surface area contributed by atoms with Crippen molar-refractivity contribution in [3.63, 3.8) is 0 Å². The molecule has 3 unspecified atom stereocenters. The highest BCUT2D eigenvalue weighted by atomic mass is 14.7. The summed E-state index contributed by atoms with van der Waals surface area (Å²) in [5.74, 6) is 0. The van der Waals surface area contributed by atoms with Crippen LogP contribution in [-0.4, -0.2) is 0 Å². The zero-order valence-corrected chi connectivity index (χ0v) is 20.9. The highest BCUT2D eigenvalue weighted by Crippen LogP contribution is 2.71. The van der Waals surface area contributed by atoms with Crippen LogP contribution in [0.4, 0.5) is 0 Å². The summed E-state index contributed by atoms with van der Waals surface area (Å²) in [6.45, 7) is 17.3. The van der Waals surface area contributed by atoms with Crippen LogP contribution < -0.4 is 0 Å². The molecule has 0 bridgehead atoms. The molecule has 3 aromatic carbocycles. The summed E-state index contributed by atoms with van der Waals surface area (Å²) in [7, 11) is 0. The maximum atomic E-state index is 2.54. The van der Waals surface area contributed by atoms with Gasteiger partial charge < -0.3 is 0 Å². The third-order valence-electron chi connectivity index (χ3n) is 9.69. The second kappa shape index (κ2) is 7.77. The second-order valence-electron chi connectivity index (χ2n) is 10.7. The van der Waals surface area contributed by atoms with Gasteiger partial charge in [0.25, 0.3) is 0 Å². The fraction of sp³-hybridized carbons (Fsp3) is 0.375. The quantitative estimate of drug-likeness (QED) is 0.394. The molecule has 166 valence electrons. The molecule has 0 amide bonds. The SMILES string of the molecule is CCC1(C)C(c2ccccc2)=C(C)C(C)(C)C(C)(c2ccccc2)C1(C)c1ccccc1. The van der Waals surface area contributed by atoms with Gasteiger partial charge in [-0.05, 0) is 41.0 Å². The van der Waals surface area contributed by atoms with Crippen LogP contribution in [0.3, 0.4) is 0 Å². The Morgan fingerprint density at radius 2 is 0.969 bits per heavy atom. The van der Waals surface area contributed by atoms with E-state index in [4.69, 9.17) is 0 Å². The van der Waals surface area contributed by atoms with Crippen molar-refractivity contribution in [1.29, 1.82) is 0 Å². The first kappa shape index (κ1) is 22.6. The zero-order chi connectivity index (χ0) is 23.2. The molecular weight excluding hydrogens is 384 g/mol. The van der Waals surface area contributed by atoms with E-state index in [0.29, 0.717) is 0 Å². The van der Waals surface area contributed by atoms with E-state index in [1.54, 1.807) is 0 Å². The van der Waals surface area contributed by atoms with Crippen LogP contribution in [0.25, 0.3) is 5.57 Å². The molecule has 0 aliphatic heterocycles. The summed E-state index contributed by atoms with van der Waals surface area (Å²) in [4.78, 5) is 0. The van der Waals surface area contributed by atoms with Crippen molar-refractivity contribution in [2.24, 2.45) is 10.8 Å². The third-order valence-corrected chi connectivity index (χ3v) is 9.69. The smallest absolute Gasteiger partial charge is 0.0121 e. The monoisotopic (exact) mass is 422 g/mol. The minimum atomic E-state index is -0.133. The number of allylic oxidation sites excluding steroid dienone is 2. The van der Waals surface area contributed by atoms with Gasteiger partial charge in [-0.15, -0.1) is 0 Å². The van der Waals surface area contributed by atoms with E-state index in [2.05, 4.69) is 139 Å². The Bertz CT molecular complexity index is 1110. The van der Waals surface area contributed by atoms with E-state index in [-0.39, 0.29) is 21.7 Å². The summed E-state index contributed by atoms with van der Waals surface area (Å²) in [5, 5.41) is 0. The largest absolute Gasteiger partial charge is 0.0645 e. The van der Waals surface area contributed by atoms with Crippen molar-refractivity contribution in [3.8, 4) is 0 Å².